The first kappa shape index (κ1) is 22.5. The second-order valence-electron chi connectivity index (χ2n) is 5.91. The lowest BCUT2D eigenvalue weighted by atomic mass is 10.2. The quantitative estimate of drug-likeness (QED) is 0.271. The van der Waals surface area contributed by atoms with Crippen molar-refractivity contribution in [1.29, 1.82) is 0 Å². The standard InChI is InChI=1S/C19H26ClN5.HI/c1-15(25(3)17-7-5-4-6-8-17)13-24-19(21-2)22-12-11-16-9-10-18(20)23-14-16;/h4-10,14-15H,11-13H2,1-3H3,(H2,21,22,24);1H. The summed E-state index contributed by atoms with van der Waals surface area (Å²) >= 11 is 5.80. The molecule has 0 saturated carbocycles. The largest absolute Gasteiger partial charge is 0.370 e. The lowest BCUT2D eigenvalue weighted by Crippen LogP contribution is -2.45. The Labute approximate surface area is 178 Å². The van der Waals surface area contributed by atoms with Crippen LogP contribution in [-0.4, -0.2) is 44.2 Å². The van der Waals surface area contributed by atoms with E-state index < -0.39 is 0 Å². The van der Waals surface area contributed by atoms with Crippen LogP contribution in [0.2, 0.25) is 5.15 Å². The molecule has 26 heavy (non-hydrogen) atoms. The average molecular weight is 488 g/mol. The number of nitrogens with one attached hydrogen (secondary N) is 2. The number of anilines is 1. The van der Waals surface area contributed by atoms with E-state index in [0.717, 1.165) is 31.0 Å². The van der Waals surface area contributed by atoms with E-state index in [0.29, 0.717) is 11.2 Å². The molecule has 1 heterocycles. The summed E-state index contributed by atoms with van der Waals surface area (Å²) in [6.45, 7) is 3.77. The van der Waals surface area contributed by atoms with Crippen molar-refractivity contribution in [3.05, 3.63) is 59.4 Å². The number of hydrogen-bond acceptors (Lipinski definition) is 3. The number of para-hydroxylation sites is 1. The van der Waals surface area contributed by atoms with Gasteiger partial charge in [-0.2, -0.15) is 0 Å². The van der Waals surface area contributed by atoms with E-state index in [2.05, 4.69) is 63.7 Å². The smallest absolute Gasteiger partial charge is 0.191 e. The van der Waals surface area contributed by atoms with Gasteiger partial charge in [-0.15, -0.1) is 24.0 Å². The minimum Gasteiger partial charge on any atom is -0.370 e. The van der Waals surface area contributed by atoms with Crippen LogP contribution in [0.3, 0.4) is 0 Å². The maximum atomic E-state index is 5.80. The van der Waals surface area contributed by atoms with Crippen LogP contribution in [0.1, 0.15) is 12.5 Å². The first-order valence-corrected chi connectivity index (χ1v) is 8.80. The molecule has 7 heteroatoms. The Hall–Kier alpha value is -1.54. The summed E-state index contributed by atoms with van der Waals surface area (Å²) in [5.41, 5.74) is 2.35. The van der Waals surface area contributed by atoms with E-state index in [4.69, 9.17) is 11.6 Å². The molecule has 1 atom stereocenters. The number of rotatable bonds is 7. The third kappa shape index (κ3) is 7.37. The third-order valence-electron chi connectivity index (χ3n) is 4.11. The maximum absolute atomic E-state index is 5.80. The van der Waals surface area contributed by atoms with Crippen LogP contribution in [-0.2, 0) is 6.42 Å². The van der Waals surface area contributed by atoms with Gasteiger partial charge in [-0.25, -0.2) is 4.98 Å². The molecule has 2 rings (SSSR count). The van der Waals surface area contributed by atoms with E-state index in [9.17, 15) is 0 Å². The number of hydrogen-bond donors (Lipinski definition) is 2. The van der Waals surface area contributed by atoms with Crippen LogP contribution < -0.4 is 15.5 Å². The molecule has 2 N–H and O–H groups in total. The summed E-state index contributed by atoms with van der Waals surface area (Å²) < 4.78 is 0. The van der Waals surface area contributed by atoms with E-state index in [1.807, 2.05) is 18.2 Å². The van der Waals surface area contributed by atoms with Crippen LogP contribution >= 0.6 is 35.6 Å². The van der Waals surface area contributed by atoms with Gasteiger partial charge in [0, 0.05) is 45.1 Å². The van der Waals surface area contributed by atoms with Gasteiger partial charge in [-0.05, 0) is 37.1 Å². The van der Waals surface area contributed by atoms with Gasteiger partial charge in [-0.3, -0.25) is 4.99 Å². The van der Waals surface area contributed by atoms with Crippen molar-refractivity contribution in [2.45, 2.75) is 19.4 Å². The van der Waals surface area contributed by atoms with Crippen molar-refractivity contribution >= 4 is 47.2 Å². The van der Waals surface area contributed by atoms with E-state index in [1.165, 1.54) is 5.69 Å². The Balaban J connectivity index is 0.00000338. The third-order valence-corrected chi connectivity index (χ3v) is 4.33. The normalized spacial score (nSPS) is 12.1. The molecule has 1 aromatic carbocycles. The number of halogens is 2. The minimum atomic E-state index is 0. The SMILES string of the molecule is CN=C(NCCc1ccc(Cl)nc1)NCC(C)N(C)c1ccccc1.I. The highest BCUT2D eigenvalue weighted by molar-refractivity contribution is 14.0. The van der Waals surface area contributed by atoms with Crippen molar-refractivity contribution in [1.82, 2.24) is 15.6 Å². The molecule has 0 bridgehead atoms. The molecule has 0 aliphatic rings. The van der Waals surface area contributed by atoms with Gasteiger partial charge in [0.2, 0.25) is 0 Å². The summed E-state index contributed by atoms with van der Waals surface area (Å²) in [4.78, 5) is 10.6. The number of nitrogens with zero attached hydrogens (tertiary/aromatic N) is 3. The number of benzene rings is 1. The molecule has 0 aliphatic heterocycles. The van der Waals surface area contributed by atoms with E-state index >= 15 is 0 Å². The van der Waals surface area contributed by atoms with Gasteiger partial charge < -0.3 is 15.5 Å². The Bertz CT molecular complexity index is 663. The average Bonchev–Trinajstić information content (AvgIpc) is 2.65. The molecule has 0 radical (unpaired) electrons. The molecule has 0 amide bonds. The first-order valence-electron chi connectivity index (χ1n) is 8.43. The summed E-state index contributed by atoms with van der Waals surface area (Å²) in [5.74, 6) is 0.801. The van der Waals surface area contributed by atoms with Crippen molar-refractivity contribution in [2.75, 3.05) is 32.1 Å². The number of aromatic nitrogens is 1. The molecular formula is C19H27ClIN5. The fourth-order valence-electron chi connectivity index (χ4n) is 2.40. The lowest BCUT2D eigenvalue weighted by molar-refractivity contribution is 0.648. The van der Waals surface area contributed by atoms with Crippen molar-refractivity contribution < 1.29 is 0 Å². The monoisotopic (exact) mass is 487 g/mol. The highest BCUT2D eigenvalue weighted by Crippen LogP contribution is 2.13. The highest BCUT2D eigenvalue weighted by Gasteiger charge is 2.10. The molecule has 0 saturated heterocycles. The molecule has 0 spiro atoms. The summed E-state index contributed by atoms with van der Waals surface area (Å²) in [6.07, 6.45) is 2.67. The van der Waals surface area contributed by atoms with Crippen LogP contribution in [0.4, 0.5) is 5.69 Å². The molecule has 5 nitrogen and oxygen atoms in total. The van der Waals surface area contributed by atoms with Crippen LogP contribution in [0.15, 0.2) is 53.7 Å². The van der Waals surface area contributed by atoms with Gasteiger partial charge in [0.15, 0.2) is 5.96 Å². The maximum Gasteiger partial charge on any atom is 0.191 e. The van der Waals surface area contributed by atoms with Crippen molar-refractivity contribution in [2.24, 2.45) is 4.99 Å². The van der Waals surface area contributed by atoms with E-state index in [1.54, 1.807) is 13.2 Å². The van der Waals surface area contributed by atoms with Crippen molar-refractivity contribution in [3.8, 4) is 0 Å². The van der Waals surface area contributed by atoms with Crippen LogP contribution in [0.5, 0.6) is 0 Å². The number of aliphatic imine (C=N–C) groups is 1. The number of likely N-dealkylation sites (N-methyl/N-ethyl adjacent to an activating group) is 1. The molecule has 1 unspecified atom stereocenters. The number of pyridine rings is 1. The van der Waals surface area contributed by atoms with Crippen molar-refractivity contribution in [3.63, 3.8) is 0 Å². The fourth-order valence-corrected chi connectivity index (χ4v) is 2.51. The predicted octanol–water partition coefficient (Wildman–Crippen LogP) is 3.59. The Morgan fingerprint density at radius 2 is 1.92 bits per heavy atom. The lowest BCUT2D eigenvalue weighted by Gasteiger charge is -2.27. The van der Waals surface area contributed by atoms with Gasteiger partial charge in [0.1, 0.15) is 5.15 Å². The molecule has 0 aliphatic carbocycles. The van der Waals surface area contributed by atoms with E-state index in [-0.39, 0.29) is 24.0 Å². The second-order valence-corrected chi connectivity index (χ2v) is 6.30. The van der Waals surface area contributed by atoms with Gasteiger partial charge in [-0.1, -0.05) is 35.9 Å². The first-order chi connectivity index (χ1) is 12.1. The zero-order chi connectivity index (χ0) is 18.1. The summed E-state index contributed by atoms with van der Waals surface area (Å²) in [6, 6.07) is 14.5. The Morgan fingerprint density at radius 1 is 1.19 bits per heavy atom. The summed E-state index contributed by atoms with van der Waals surface area (Å²) in [7, 11) is 3.89. The molecule has 142 valence electrons. The van der Waals surface area contributed by atoms with Crippen LogP contribution in [0.25, 0.3) is 0 Å². The molecule has 0 fully saturated rings. The molecule has 2 aromatic rings. The minimum absolute atomic E-state index is 0. The topological polar surface area (TPSA) is 52.6 Å². The number of guanidine groups is 1. The zero-order valence-corrected chi connectivity index (χ0v) is 18.5. The van der Waals surface area contributed by atoms with Gasteiger partial charge >= 0.3 is 0 Å². The molecule has 1 aromatic heterocycles. The Morgan fingerprint density at radius 3 is 2.54 bits per heavy atom. The van der Waals surface area contributed by atoms with Gasteiger partial charge in [0.25, 0.3) is 0 Å². The highest BCUT2D eigenvalue weighted by atomic mass is 127. The zero-order valence-electron chi connectivity index (χ0n) is 15.4. The van der Waals surface area contributed by atoms with Gasteiger partial charge in [0.05, 0.1) is 0 Å². The predicted molar refractivity (Wildman–Crippen MR) is 122 cm³/mol. The Kier molecular flexibility index (Phi) is 10.3. The van der Waals surface area contributed by atoms with Crippen LogP contribution in [0, 0.1) is 0 Å². The summed E-state index contributed by atoms with van der Waals surface area (Å²) in [5, 5.41) is 7.22. The second kappa shape index (κ2) is 12.0. The molecular weight excluding hydrogens is 461 g/mol. The fraction of sp³-hybridized carbons (Fsp3) is 0.368.